The molecule has 0 aliphatic carbocycles. The standard InChI is InChI=1S/C21H18N4O4S/c1-12-19(20-24-16-9-6-14(21(26)29-2)10-17(16)25-20)23-18(11-22-12)13-4-7-15(8-5-13)30(3,27)28/h4-11H,1-3H3,(H,24,25). The van der Waals surface area contributed by atoms with Crippen LogP contribution in [0, 0.1) is 6.92 Å². The number of sulfone groups is 1. The molecule has 0 unspecified atom stereocenters. The van der Waals surface area contributed by atoms with Crippen LogP contribution in [0.3, 0.4) is 0 Å². The van der Waals surface area contributed by atoms with Crippen LogP contribution in [0.15, 0.2) is 53.6 Å². The van der Waals surface area contributed by atoms with E-state index in [-0.39, 0.29) is 4.90 Å². The minimum atomic E-state index is -3.27. The highest BCUT2D eigenvalue weighted by molar-refractivity contribution is 7.90. The fraction of sp³-hybridized carbons (Fsp3) is 0.143. The number of nitrogens with one attached hydrogen (secondary N) is 1. The number of aromatic amines is 1. The second kappa shape index (κ2) is 7.34. The molecule has 0 spiro atoms. The van der Waals surface area contributed by atoms with Crippen LogP contribution in [-0.2, 0) is 14.6 Å². The van der Waals surface area contributed by atoms with E-state index in [1.54, 1.807) is 48.7 Å². The van der Waals surface area contributed by atoms with Gasteiger partial charge in [0.05, 0.1) is 46.2 Å². The van der Waals surface area contributed by atoms with Crippen LogP contribution in [-0.4, -0.2) is 47.7 Å². The monoisotopic (exact) mass is 422 g/mol. The molecule has 4 rings (SSSR count). The average Bonchev–Trinajstić information content (AvgIpc) is 3.16. The summed E-state index contributed by atoms with van der Waals surface area (Å²) in [5, 5.41) is 0. The predicted molar refractivity (Wildman–Crippen MR) is 112 cm³/mol. The number of esters is 1. The van der Waals surface area contributed by atoms with Crippen molar-refractivity contribution in [1.82, 2.24) is 19.9 Å². The van der Waals surface area contributed by atoms with Gasteiger partial charge in [-0.15, -0.1) is 0 Å². The van der Waals surface area contributed by atoms with Gasteiger partial charge in [0.1, 0.15) is 5.69 Å². The highest BCUT2D eigenvalue weighted by Crippen LogP contribution is 2.26. The van der Waals surface area contributed by atoms with Crippen molar-refractivity contribution >= 4 is 26.8 Å². The van der Waals surface area contributed by atoms with Gasteiger partial charge in [0.25, 0.3) is 0 Å². The van der Waals surface area contributed by atoms with Crippen LogP contribution in [0.1, 0.15) is 16.1 Å². The number of carbonyl (C=O) groups excluding carboxylic acids is 1. The molecular weight excluding hydrogens is 404 g/mol. The number of fused-ring (bicyclic) bond motifs is 1. The van der Waals surface area contributed by atoms with Gasteiger partial charge in [-0.2, -0.15) is 0 Å². The number of benzene rings is 2. The minimum absolute atomic E-state index is 0.241. The maximum absolute atomic E-state index is 11.8. The maximum Gasteiger partial charge on any atom is 0.337 e. The number of nitrogens with zero attached hydrogens (tertiary/aromatic N) is 3. The van der Waals surface area contributed by atoms with Crippen LogP contribution in [0.2, 0.25) is 0 Å². The van der Waals surface area contributed by atoms with Gasteiger partial charge in [-0.05, 0) is 37.3 Å². The van der Waals surface area contributed by atoms with Gasteiger partial charge in [0.15, 0.2) is 15.7 Å². The second-order valence-electron chi connectivity index (χ2n) is 6.79. The third-order valence-electron chi connectivity index (χ3n) is 4.66. The zero-order chi connectivity index (χ0) is 21.5. The molecule has 2 heterocycles. The number of hydrogen-bond donors (Lipinski definition) is 1. The van der Waals surface area contributed by atoms with Gasteiger partial charge >= 0.3 is 5.97 Å². The Morgan fingerprint density at radius 3 is 2.47 bits per heavy atom. The molecule has 0 fully saturated rings. The molecule has 2 aromatic carbocycles. The number of imidazole rings is 1. The second-order valence-corrected chi connectivity index (χ2v) is 8.81. The quantitative estimate of drug-likeness (QED) is 0.502. The summed E-state index contributed by atoms with van der Waals surface area (Å²) in [6.45, 7) is 1.83. The molecule has 1 N–H and O–H groups in total. The molecule has 0 amide bonds. The predicted octanol–water partition coefficient (Wildman–Crippen LogP) is 3.19. The number of methoxy groups -OCH3 is 1. The third kappa shape index (κ3) is 3.67. The van der Waals surface area contributed by atoms with Crippen molar-refractivity contribution in [2.24, 2.45) is 0 Å². The number of aromatic nitrogens is 4. The molecule has 30 heavy (non-hydrogen) atoms. The largest absolute Gasteiger partial charge is 0.465 e. The van der Waals surface area contributed by atoms with Gasteiger partial charge < -0.3 is 9.72 Å². The smallest absolute Gasteiger partial charge is 0.337 e. The SMILES string of the molecule is COC(=O)c1ccc2nc(-c3nc(-c4ccc(S(C)(=O)=O)cc4)cnc3C)[nH]c2c1. The lowest BCUT2D eigenvalue weighted by Gasteiger charge is -2.06. The van der Waals surface area contributed by atoms with Gasteiger partial charge in [-0.1, -0.05) is 12.1 Å². The summed E-state index contributed by atoms with van der Waals surface area (Å²) >= 11 is 0. The molecule has 0 radical (unpaired) electrons. The van der Waals surface area contributed by atoms with Gasteiger partial charge in [0, 0.05) is 11.8 Å². The Bertz CT molecular complexity index is 1380. The van der Waals surface area contributed by atoms with Gasteiger partial charge in [0.2, 0.25) is 0 Å². The number of H-pyrrole nitrogens is 1. The van der Waals surface area contributed by atoms with Crippen molar-refractivity contribution in [2.45, 2.75) is 11.8 Å². The lowest BCUT2D eigenvalue weighted by atomic mass is 10.1. The Labute approximate surface area is 172 Å². The van der Waals surface area contributed by atoms with E-state index in [0.717, 1.165) is 5.56 Å². The molecular formula is C21H18N4O4S. The Morgan fingerprint density at radius 1 is 1.07 bits per heavy atom. The van der Waals surface area contributed by atoms with E-state index < -0.39 is 15.8 Å². The van der Waals surface area contributed by atoms with Crippen LogP contribution < -0.4 is 0 Å². The maximum atomic E-state index is 11.8. The number of carbonyl (C=O) groups is 1. The molecule has 2 aromatic heterocycles. The van der Waals surface area contributed by atoms with E-state index in [2.05, 4.69) is 19.9 Å². The van der Waals surface area contributed by atoms with Crippen molar-refractivity contribution in [2.75, 3.05) is 13.4 Å². The summed E-state index contributed by atoms with van der Waals surface area (Å²) in [5.74, 6) is 0.0928. The Hall–Kier alpha value is -3.59. The van der Waals surface area contributed by atoms with E-state index >= 15 is 0 Å². The van der Waals surface area contributed by atoms with Crippen molar-refractivity contribution in [3.8, 4) is 22.8 Å². The van der Waals surface area contributed by atoms with E-state index in [9.17, 15) is 13.2 Å². The topological polar surface area (TPSA) is 115 Å². The number of ether oxygens (including phenoxy) is 1. The lowest BCUT2D eigenvalue weighted by Crippen LogP contribution is -2.00. The fourth-order valence-electron chi connectivity index (χ4n) is 3.05. The van der Waals surface area contributed by atoms with E-state index in [1.165, 1.54) is 13.4 Å². The van der Waals surface area contributed by atoms with Crippen molar-refractivity contribution in [3.63, 3.8) is 0 Å². The normalized spacial score (nSPS) is 11.6. The lowest BCUT2D eigenvalue weighted by molar-refractivity contribution is 0.0601. The average molecular weight is 422 g/mol. The molecule has 0 saturated carbocycles. The number of rotatable bonds is 4. The molecule has 0 atom stereocenters. The van der Waals surface area contributed by atoms with Crippen molar-refractivity contribution < 1.29 is 17.9 Å². The molecule has 0 saturated heterocycles. The third-order valence-corrected chi connectivity index (χ3v) is 5.79. The zero-order valence-corrected chi connectivity index (χ0v) is 17.3. The number of hydrogen-bond acceptors (Lipinski definition) is 7. The van der Waals surface area contributed by atoms with Crippen LogP contribution in [0.25, 0.3) is 33.8 Å². The van der Waals surface area contributed by atoms with Crippen molar-refractivity contribution in [3.05, 3.63) is 59.9 Å². The summed E-state index contributed by atoms with van der Waals surface area (Å²) in [6, 6.07) is 11.5. The number of aryl methyl sites for hydroxylation is 1. The Balaban J connectivity index is 1.76. The minimum Gasteiger partial charge on any atom is -0.465 e. The first-order valence-corrected chi connectivity index (χ1v) is 10.9. The first kappa shape index (κ1) is 19.7. The first-order valence-electron chi connectivity index (χ1n) is 8.99. The highest BCUT2D eigenvalue weighted by Gasteiger charge is 2.15. The Morgan fingerprint density at radius 2 is 1.80 bits per heavy atom. The fourth-order valence-corrected chi connectivity index (χ4v) is 3.68. The van der Waals surface area contributed by atoms with Crippen LogP contribution in [0.5, 0.6) is 0 Å². The first-order chi connectivity index (χ1) is 14.3. The van der Waals surface area contributed by atoms with Gasteiger partial charge in [-0.25, -0.2) is 23.2 Å². The molecule has 4 aromatic rings. The van der Waals surface area contributed by atoms with Gasteiger partial charge in [-0.3, -0.25) is 4.98 Å². The summed E-state index contributed by atoms with van der Waals surface area (Å²) in [6.07, 6.45) is 2.80. The molecule has 8 nitrogen and oxygen atoms in total. The highest BCUT2D eigenvalue weighted by atomic mass is 32.2. The zero-order valence-electron chi connectivity index (χ0n) is 16.5. The van der Waals surface area contributed by atoms with E-state index in [1.807, 2.05) is 6.92 Å². The van der Waals surface area contributed by atoms with Crippen LogP contribution >= 0.6 is 0 Å². The van der Waals surface area contributed by atoms with E-state index in [4.69, 9.17) is 4.74 Å². The summed E-state index contributed by atoms with van der Waals surface area (Å²) in [4.78, 5) is 28.8. The van der Waals surface area contributed by atoms with Crippen molar-refractivity contribution in [1.29, 1.82) is 0 Å². The van der Waals surface area contributed by atoms with E-state index in [0.29, 0.717) is 39.5 Å². The molecule has 9 heteroatoms. The summed E-state index contributed by atoms with van der Waals surface area (Å²) < 4.78 is 28.1. The Kier molecular flexibility index (Phi) is 4.83. The molecule has 0 aliphatic rings. The molecule has 0 aliphatic heterocycles. The summed E-state index contributed by atoms with van der Waals surface area (Å²) in [7, 11) is -1.94. The van der Waals surface area contributed by atoms with Crippen LogP contribution in [0.4, 0.5) is 0 Å². The summed E-state index contributed by atoms with van der Waals surface area (Å²) in [5.41, 5.74) is 4.35. The molecule has 152 valence electrons. The molecule has 0 bridgehead atoms.